The molecular formula is C13H15ClO4. The molecule has 0 heterocycles. The van der Waals surface area contributed by atoms with Gasteiger partial charge < -0.3 is 9.84 Å². The van der Waals surface area contributed by atoms with Crippen molar-refractivity contribution in [3.05, 3.63) is 28.3 Å². The molecule has 0 spiro atoms. The lowest BCUT2D eigenvalue weighted by Gasteiger charge is -2.23. The lowest BCUT2D eigenvalue weighted by molar-refractivity contribution is -0.131. The minimum atomic E-state index is -1.53. The van der Waals surface area contributed by atoms with Gasteiger partial charge in [0.05, 0.1) is 12.7 Å². The average molecular weight is 271 g/mol. The molecule has 1 aromatic rings. The van der Waals surface area contributed by atoms with Gasteiger partial charge in [0.2, 0.25) is 0 Å². The van der Waals surface area contributed by atoms with Gasteiger partial charge in [-0.3, -0.25) is 4.79 Å². The number of benzene rings is 1. The number of carbonyl (C=O) groups excluding carboxylic acids is 1. The van der Waals surface area contributed by atoms with E-state index in [2.05, 4.69) is 0 Å². The quantitative estimate of drug-likeness (QED) is 0.677. The van der Waals surface area contributed by atoms with Gasteiger partial charge in [-0.2, -0.15) is 0 Å². The fourth-order valence-corrected chi connectivity index (χ4v) is 1.87. The summed E-state index contributed by atoms with van der Waals surface area (Å²) in [6, 6.07) is 2.99. The molecule has 0 aliphatic carbocycles. The maximum absolute atomic E-state index is 11.6. The Morgan fingerprint density at radius 3 is 2.22 bits per heavy atom. The molecule has 0 aliphatic rings. The van der Waals surface area contributed by atoms with Crippen LogP contribution in [0.5, 0.6) is 5.75 Å². The molecule has 98 valence electrons. The van der Waals surface area contributed by atoms with E-state index in [-0.39, 0.29) is 16.7 Å². The highest BCUT2D eigenvalue weighted by molar-refractivity contribution is 6.41. The molecule has 1 N–H and O–H groups in total. The number of ketones is 1. The van der Waals surface area contributed by atoms with Crippen molar-refractivity contribution in [1.29, 1.82) is 0 Å². The summed E-state index contributed by atoms with van der Waals surface area (Å²) in [5.41, 5.74) is 0.355. The summed E-state index contributed by atoms with van der Waals surface area (Å²) >= 11 is 5.93. The first-order valence-electron chi connectivity index (χ1n) is 5.34. The summed E-state index contributed by atoms with van der Waals surface area (Å²) in [4.78, 5) is 22.4. The lowest BCUT2D eigenvalue weighted by Crippen LogP contribution is -2.18. The Bertz CT molecular complexity index is 500. The summed E-state index contributed by atoms with van der Waals surface area (Å²) in [5, 5.41) is 9.10. The summed E-state index contributed by atoms with van der Waals surface area (Å²) in [6.45, 7) is 5.78. The third kappa shape index (κ3) is 2.82. The van der Waals surface area contributed by atoms with Gasteiger partial charge in [0.25, 0.3) is 5.78 Å². The van der Waals surface area contributed by atoms with E-state index in [1.54, 1.807) is 6.07 Å². The molecule has 1 rings (SSSR count). The van der Waals surface area contributed by atoms with E-state index in [1.165, 1.54) is 13.2 Å². The van der Waals surface area contributed by atoms with Crippen LogP contribution in [0.25, 0.3) is 0 Å². The van der Waals surface area contributed by atoms with Crippen molar-refractivity contribution < 1.29 is 19.4 Å². The Kier molecular flexibility index (Phi) is 4.02. The molecule has 0 fully saturated rings. The van der Waals surface area contributed by atoms with Gasteiger partial charge in [0.15, 0.2) is 0 Å². The molecule has 0 atom stereocenters. The van der Waals surface area contributed by atoms with Crippen LogP contribution in [-0.4, -0.2) is 24.0 Å². The van der Waals surface area contributed by atoms with E-state index in [0.29, 0.717) is 10.6 Å². The highest BCUT2D eigenvalue weighted by Gasteiger charge is 2.27. The largest absolute Gasteiger partial charge is 0.496 e. The Morgan fingerprint density at radius 1 is 1.28 bits per heavy atom. The predicted molar refractivity (Wildman–Crippen MR) is 68.7 cm³/mol. The van der Waals surface area contributed by atoms with Crippen molar-refractivity contribution in [3.63, 3.8) is 0 Å². The normalized spacial score (nSPS) is 11.2. The molecule has 0 radical (unpaired) electrons. The van der Waals surface area contributed by atoms with E-state index in [9.17, 15) is 9.59 Å². The Labute approximate surface area is 111 Å². The van der Waals surface area contributed by atoms with Crippen LogP contribution in [-0.2, 0) is 10.2 Å². The van der Waals surface area contributed by atoms with E-state index < -0.39 is 11.8 Å². The Balaban J connectivity index is 3.58. The predicted octanol–water partition coefficient (Wildman–Crippen LogP) is 2.91. The molecule has 0 saturated carbocycles. The standard InChI is InChI=1S/C13H15ClO4/c1-13(2,3)9-6-7(14)5-8(11(9)18-4)10(15)12(16)17/h5-6H,1-4H3,(H,16,17). The number of carboxylic acid groups (broad SMARTS) is 1. The minimum absolute atomic E-state index is 0.0255. The molecule has 0 aliphatic heterocycles. The fraction of sp³-hybridized carbons (Fsp3) is 0.385. The third-order valence-corrected chi connectivity index (χ3v) is 2.72. The van der Waals surface area contributed by atoms with Gasteiger partial charge in [-0.1, -0.05) is 32.4 Å². The van der Waals surface area contributed by atoms with Crippen LogP contribution in [0, 0.1) is 0 Å². The zero-order valence-corrected chi connectivity index (χ0v) is 11.5. The van der Waals surface area contributed by atoms with Crippen molar-refractivity contribution in [3.8, 4) is 5.75 Å². The topological polar surface area (TPSA) is 63.6 Å². The zero-order valence-electron chi connectivity index (χ0n) is 10.7. The van der Waals surface area contributed by atoms with Crippen LogP contribution < -0.4 is 4.74 Å². The minimum Gasteiger partial charge on any atom is -0.496 e. The summed E-state index contributed by atoms with van der Waals surface area (Å²) in [7, 11) is 1.40. The number of carboxylic acids is 1. The molecule has 1 aromatic carbocycles. The number of halogens is 1. The molecule has 4 nitrogen and oxygen atoms in total. The van der Waals surface area contributed by atoms with Crippen molar-refractivity contribution >= 4 is 23.4 Å². The molecule has 0 saturated heterocycles. The number of Topliss-reactive ketones (excluding diaryl/α,β-unsaturated/α-hetero) is 1. The number of ether oxygens (including phenoxy) is 1. The highest BCUT2D eigenvalue weighted by atomic mass is 35.5. The monoisotopic (exact) mass is 270 g/mol. The van der Waals surface area contributed by atoms with Gasteiger partial charge in [0.1, 0.15) is 5.75 Å². The lowest BCUT2D eigenvalue weighted by atomic mass is 9.84. The number of aliphatic carboxylic acids is 1. The van der Waals surface area contributed by atoms with Crippen LogP contribution in [0.4, 0.5) is 0 Å². The second-order valence-corrected chi connectivity index (χ2v) is 5.35. The van der Waals surface area contributed by atoms with Crippen LogP contribution in [0.3, 0.4) is 0 Å². The Morgan fingerprint density at radius 2 is 1.83 bits per heavy atom. The first kappa shape index (κ1) is 14.5. The Hall–Kier alpha value is -1.55. The van der Waals surface area contributed by atoms with Crippen molar-refractivity contribution in [2.75, 3.05) is 7.11 Å². The number of carbonyl (C=O) groups is 2. The zero-order chi connectivity index (χ0) is 14.1. The van der Waals surface area contributed by atoms with Crippen molar-refractivity contribution in [2.24, 2.45) is 0 Å². The molecule has 0 aromatic heterocycles. The fourth-order valence-electron chi connectivity index (χ4n) is 1.65. The molecule has 0 amide bonds. The second-order valence-electron chi connectivity index (χ2n) is 4.92. The second kappa shape index (κ2) is 4.98. The summed E-state index contributed by atoms with van der Waals surface area (Å²) in [5.74, 6) is -2.30. The third-order valence-electron chi connectivity index (χ3n) is 2.50. The van der Waals surface area contributed by atoms with Gasteiger partial charge in [0, 0.05) is 10.6 Å². The highest BCUT2D eigenvalue weighted by Crippen LogP contribution is 2.36. The molecule has 5 heteroatoms. The number of hydrogen-bond acceptors (Lipinski definition) is 3. The maximum Gasteiger partial charge on any atom is 0.377 e. The summed E-state index contributed by atoms with van der Waals surface area (Å²) in [6.07, 6.45) is 0. The van der Waals surface area contributed by atoms with Gasteiger partial charge in [-0.05, 0) is 17.5 Å². The van der Waals surface area contributed by atoms with Crippen LogP contribution in [0.15, 0.2) is 12.1 Å². The van der Waals surface area contributed by atoms with Crippen molar-refractivity contribution in [2.45, 2.75) is 26.2 Å². The van der Waals surface area contributed by atoms with E-state index in [4.69, 9.17) is 21.4 Å². The van der Waals surface area contributed by atoms with E-state index in [0.717, 1.165) is 0 Å². The van der Waals surface area contributed by atoms with Gasteiger partial charge in [-0.15, -0.1) is 0 Å². The van der Waals surface area contributed by atoms with Gasteiger partial charge >= 0.3 is 5.97 Å². The van der Waals surface area contributed by atoms with Crippen molar-refractivity contribution in [1.82, 2.24) is 0 Å². The smallest absolute Gasteiger partial charge is 0.377 e. The maximum atomic E-state index is 11.6. The van der Waals surface area contributed by atoms with E-state index >= 15 is 0 Å². The molecule has 0 bridgehead atoms. The van der Waals surface area contributed by atoms with Gasteiger partial charge in [-0.25, -0.2) is 4.79 Å². The average Bonchev–Trinajstić information content (AvgIpc) is 2.25. The van der Waals surface area contributed by atoms with Crippen LogP contribution >= 0.6 is 11.6 Å². The molecule has 18 heavy (non-hydrogen) atoms. The molecular weight excluding hydrogens is 256 g/mol. The first-order chi connectivity index (χ1) is 8.18. The number of hydrogen-bond donors (Lipinski definition) is 1. The number of methoxy groups -OCH3 is 1. The number of rotatable bonds is 3. The van der Waals surface area contributed by atoms with Crippen LogP contribution in [0.1, 0.15) is 36.7 Å². The van der Waals surface area contributed by atoms with Crippen LogP contribution in [0.2, 0.25) is 5.02 Å². The molecule has 0 unspecified atom stereocenters. The first-order valence-corrected chi connectivity index (χ1v) is 5.72. The van der Waals surface area contributed by atoms with E-state index in [1.807, 2.05) is 20.8 Å². The SMILES string of the molecule is COc1c(C(=O)C(=O)O)cc(Cl)cc1C(C)(C)C. The summed E-state index contributed by atoms with van der Waals surface area (Å²) < 4.78 is 5.19.